The van der Waals surface area contributed by atoms with E-state index < -0.39 is 11.7 Å². The number of aryl methyl sites for hydroxylation is 1. The molecule has 0 radical (unpaired) electrons. The monoisotopic (exact) mass is 547 g/mol. The van der Waals surface area contributed by atoms with E-state index in [0.29, 0.717) is 6.04 Å². The molecule has 8 heteroatoms. The zero-order valence-electron chi connectivity index (χ0n) is 23.0. The van der Waals surface area contributed by atoms with Crippen LogP contribution in [0.15, 0.2) is 51.7 Å². The van der Waals surface area contributed by atoms with Crippen molar-refractivity contribution in [1.82, 2.24) is 15.1 Å². The summed E-state index contributed by atoms with van der Waals surface area (Å²) in [6.45, 7) is 6.12. The maximum absolute atomic E-state index is 13.6. The summed E-state index contributed by atoms with van der Waals surface area (Å²) >= 11 is 0. The highest BCUT2D eigenvalue weighted by molar-refractivity contribution is 5.93. The predicted octanol–water partition coefficient (Wildman–Crippen LogP) is 5.07. The minimum atomic E-state index is -0.513. The number of carbonyl (C=O) groups excluding carboxylic acids is 1. The van der Waals surface area contributed by atoms with E-state index in [1.807, 2.05) is 0 Å². The van der Waals surface area contributed by atoms with Crippen molar-refractivity contribution in [3.8, 4) is 5.75 Å². The smallest absolute Gasteiger partial charge is 0.287 e. The molecule has 7 nitrogen and oxygen atoms in total. The number of rotatable bonds is 8. The standard InChI is InChI=1S/C32H38FN3O4/c33-23-6-8-27-29(37)21-31(40-30(27)20-23)32(38)34-24-11-16-36(17-12-24)28-10-5-22-19-25(7-9-26(22)28)39-18-4-15-35-13-2-1-3-14-35/h6-9,19-21,24,28H,1-5,10-18H2,(H,34,38). The Bertz CT molecular complexity index is 1410. The molecule has 2 saturated heterocycles. The first kappa shape index (κ1) is 27.0. The molecule has 0 bridgehead atoms. The molecule has 1 aliphatic carbocycles. The van der Waals surface area contributed by atoms with Gasteiger partial charge in [0.2, 0.25) is 0 Å². The first-order valence-electron chi connectivity index (χ1n) is 14.8. The van der Waals surface area contributed by atoms with Crippen LogP contribution in [0.5, 0.6) is 5.75 Å². The molecule has 212 valence electrons. The quantitative estimate of drug-likeness (QED) is 0.397. The molecule has 3 aliphatic rings. The van der Waals surface area contributed by atoms with E-state index in [4.69, 9.17) is 9.15 Å². The third-order valence-corrected chi connectivity index (χ3v) is 8.72. The van der Waals surface area contributed by atoms with Crippen LogP contribution in [-0.2, 0) is 6.42 Å². The lowest BCUT2D eigenvalue weighted by molar-refractivity contribution is 0.0864. The first-order chi connectivity index (χ1) is 19.5. The Labute approximate surface area is 234 Å². The summed E-state index contributed by atoms with van der Waals surface area (Å²) in [5.41, 5.74) is 2.51. The fourth-order valence-corrected chi connectivity index (χ4v) is 6.55. The van der Waals surface area contributed by atoms with Gasteiger partial charge in [0, 0.05) is 43.9 Å². The molecule has 0 spiro atoms. The number of hydrogen-bond acceptors (Lipinski definition) is 6. The van der Waals surface area contributed by atoms with Crippen molar-refractivity contribution in [1.29, 1.82) is 0 Å². The lowest BCUT2D eigenvalue weighted by Gasteiger charge is -2.36. The van der Waals surface area contributed by atoms with Gasteiger partial charge in [0.1, 0.15) is 17.1 Å². The summed E-state index contributed by atoms with van der Waals surface area (Å²) in [5, 5.41) is 3.27. The van der Waals surface area contributed by atoms with Crippen LogP contribution < -0.4 is 15.5 Å². The van der Waals surface area contributed by atoms with Crippen molar-refractivity contribution < 1.29 is 18.3 Å². The summed E-state index contributed by atoms with van der Waals surface area (Å²) < 4.78 is 25.3. The maximum atomic E-state index is 13.6. The van der Waals surface area contributed by atoms with Gasteiger partial charge in [-0.05, 0) is 93.4 Å². The number of amides is 1. The Morgan fingerprint density at radius 1 is 1.00 bits per heavy atom. The Morgan fingerprint density at radius 3 is 2.65 bits per heavy atom. The van der Waals surface area contributed by atoms with Gasteiger partial charge in [0.15, 0.2) is 11.2 Å². The number of hydrogen-bond donors (Lipinski definition) is 1. The van der Waals surface area contributed by atoms with E-state index in [9.17, 15) is 14.0 Å². The zero-order chi connectivity index (χ0) is 27.5. The normalized spacial score (nSPS) is 20.5. The van der Waals surface area contributed by atoms with Crippen molar-refractivity contribution in [3.05, 3.63) is 75.4 Å². The third kappa shape index (κ3) is 6.08. The number of halogens is 1. The van der Waals surface area contributed by atoms with Crippen LogP contribution in [-0.4, -0.2) is 61.1 Å². The average molecular weight is 548 g/mol. The van der Waals surface area contributed by atoms with Crippen molar-refractivity contribution in [2.45, 2.75) is 63.5 Å². The van der Waals surface area contributed by atoms with Gasteiger partial charge in [0.25, 0.3) is 5.91 Å². The molecule has 1 N–H and O–H groups in total. The van der Waals surface area contributed by atoms with Crippen molar-refractivity contribution in [2.24, 2.45) is 0 Å². The fourth-order valence-electron chi connectivity index (χ4n) is 6.55. The van der Waals surface area contributed by atoms with E-state index in [1.54, 1.807) is 0 Å². The van der Waals surface area contributed by atoms with Gasteiger partial charge in [-0.1, -0.05) is 12.5 Å². The number of ether oxygens (including phenoxy) is 1. The Morgan fingerprint density at radius 2 is 1.82 bits per heavy atom. The lowest BCUT2D eigenvalue weighted by atomic mass is 10.00. The van der Waals surface area contributed by atoms with Crippen molar-refractivity contribution in [2.75, 3.05) is 39.3 Å². The van der Waals surface area contributed by atoms with Gasteiger partial charge >= 0.3 is 0 Å². The summed E-state index contributed by atoms with van der Waals surface area (Å²) in [6, 6.07) is 11.9. The van der Waals surface area contributed by atoms with E-state index in [-0.39, 0.29) is 28.2 Å². The number of nitrogens with one attached hydrogen (secondary N) is 1. The van der Waals surface area contributed by atoms with Gasteiger partial charge in [-0.25, -0.2) is 4.39 Å². The molecule has 3 heterocycles. The molecule has 6 rings (SSSR count). The molecule has 1 aromatic heterocycles. The molecule has 2 aromatic carbocycles. The second-order valence-corrected chi connectivity index (χ2v) is 11.4. The number of carbonyl (C=O) groups is 1. The Hall–Kier alpha value is -3.23. The molecule has 0 saturated carbocycles. The van der Waals surface area contributed by atoms with Crippen molar-refractivity contribution in [3.63, 3.8) is 0 Å². The second-order valence-electron chi connectivity index (χ2n) is 11.4. The number of likely N-dealkylation sites (tertiary alicyclic amines) is 2. The third-order valence-electron chi connectivity index (χ3n) is 8.72. The highest BCUT2D eigenvalue weighted by Crippen LogP contribution is 2.38. The molecule has 2 aliphatic heterocycles. The first-order valence-corrected chi connectivity index (χ1v) is 14.8. The molecule has 40 heavy (non-hydrogen) atoms. The van der Waals surface area contributed by atoms with Gasteiger partial charge in [-0.15, -0.1) is 0 Å². The molecule has 1 amide bonds. The Kier molecular flexibility index (Phi) is 8.16. The van der Waals surface area contributed by atoms with Crippen molar-refractivity contribution >= 4 is 16.9 Å². The van der Waals surface area contributed by atoms with Crippen LogP contribution in [0.1, 0.15) is 72.7 Å². The highest BCUT2D eigenvalue weighted by atomic mass is 19.1. The molecule has 1 unspecified atom stereocenters. The number of piperidine rings is 2. The van der Waals surface area contributed by atoms with Crippen LogP contribution in [0.3, 0.4) is 0 Å². The van der Waals surface area contributed by atoms with Gasteiger partial charge in [-0.2, -0.15) is 0 Å². The van der Waals surface area contributed by atoms with Crippen LogP contribution >= 0.6 is 0 Å². The predicted molar refractivity (Wildman–Crippen MR) is 152 cm³/mol. The summed E-state index contributed by atoms with van der Waals surface area (Å²) in [7, 11) is 0. The fraction of sp³-hybridized carbons (Fsp3) is 0.500. The molecular formula is C32H38FN3O4. The van der Waals surface area contributed by atoms with Gasteiger partial charge in [-0.3, -0.25) is 14.5 Å². The van der Waals surface area contributed by atoms with E-state index >= 15 is 0 Å². The van der Waals surface area contributed by atoms with Crippen LogP contribution in [0, 0.1) is 5.82 Å². The van der Waals surface area contributed by atoms with Crippen LogP contribution in [0.25, 0.3) is 11.0 Å². The number of fused-ring (bicyclic) bond motifs is 2. The van der Waals surface area contributed by atoms with Gasteiger partial charge in [0.05, 0.1) is 12.0 Å². The summed E-state index contributed by atoms with van der Waals surface area (Å²) in [5.74, 6) is -0.0558. The topological polar surface area (TPSA) is 75.0 Å². The molecule has 2 fully saturated rings. The minimum Gasteiger partial charge on any atom is -0.494 e. The average Bonchev–Trinajstić information content (AvgIpc) is 3.39. The largest absolute Gasteiger partial charge is 0.494 e. The highest BCUT2D eigenvalue weighted by Gasteiger charge is 2.32. The van der Waals surface area contributed by atoms with Crippen LogP contribution in [0.2, 0.25) is 0 Å². The summed E-state index contributed by atoms with van der Waals surface area (Å²) in [6.07, 6.45) is 8.89. The van der Waals surface area contributed by atoms with E-state index in [0.717, 1.165) is 70.2 Å². The summed E-state index contributed by atoms with van der Waals surface area (Å²) in [4.78, 5) is 30.3. The molecule has 1 atom stereocenters. The second kappa shape index (κ2) is 12.1. The lowest BCUT2D eigenvalue weighted by Crippen LogP contribution is -2.45. The molecular weight excluding hydrogens is 509 g/mol. The molecule has 3 aromatic rings. The minimum absolute atomic E-state index is 0.00107. The van der Waals surface area contributed by atoms with Crippen LogP contribution in [0.4, 0.5) is 4.39 Å². The van der Waals surface area contributed by atoms with Gasteiger partial charge < -0.3 is 19.4 Å². The maximum Gasteiger partial charge on any atom is 0.287 e. The SMILES string of the molecule is O=C(NC1CCN(C2CCc3cc(OCCCN4CCCCC4)ccc32)CC1)c1cc(=O)c2ccc(F)cc2o1. The Balaban J connectivity index is 0.991. The number of nitrogens with zero attached hydrogens (tertiary/aromatic N) is 2. The number of benzene rings is 2. The zero-order valence-corrected chi connectivity index (χ0v) is 23.0. The van der Waals surface area contributed by atoms with E-state index in [1.165, 1.54) is 61.7 Å². The van der Waals surface area contributed by atoms with E-state index in [2.05, 4.69) is 33.3 Å².